The summed E-state index contributed by atoms with van der Waals surface area (Å²) in [6.45, 7) is 0. The van der Waals surface area contributed by atoms with Crippen molar-refractivity contribution in [3.05, 3.63) is 96.1 Å². The van der Waals surface area contributed by atoms with Crippen LogP contribution in [0.2, 0.25) is 0 Å². The molecule has 0 atom stereocenters. The first-order chi connectivity index (χ1) is 11.8. The van der Waals surface area contributed by atoms with Crippen molar-refractivity contribution >= 4 is 22.0 Å². The molecule has 1 aliphatic carbocycles. The molecule has 0 N–H and O–H groups in total. The maximum atomic E-state index is 12.5. The van der Waals surface area contributed by atoms with Crippen LogP contribution in [0.25, 0.3) is 22.2 Å². The minimum atomic E-state index is -0.538. The Kier molecular flexibility index (Phi) is 5.00. The molecule has 0 saturated carbocycles. The molecular formula is C21H15FN2Si. The van der Waals surface area contributed by atoms with Crippen LogP contribution < -0.4 is 0 Å². The van der Waals surface area contributed by atoms with Gasteiger partial charge in [-0.15, -0.1) is 0 Å². The zero-order valence-electron chi connectivity index (χ0n) is 13.5. The fraction of sp³-hybridized carbons (Fsp3) is 0.0476. The number of nitrogens with zero attached hydrogens (tertiary/aromatic N) is 2. The molecule has 0 aliphatic heterocycles. The van der Waals surface area contributed by atoms with Crippen LogP contribution in [0.15, 0.2) is 79.0 Å². The number of rotatable bonds is 0. The third-order valence-corrected chi connectivity index (χ3v) is 4.12. The van der Waals surface area contributed by atoms with Gasteiger partial charge in [0.25, 0.3) is 0 Å². The molecule has 0 unspecified atom stereocenters. The molecule has 0 bridgehead atoms. The van der Waals surface area contributed by atoms with Gasteiger partial charge in [0.1, 0.15) is 0 Å². The van der Waals surface area contributed by atoms with Gasteiger partial charge in [-0.25, -0.2) is 9.97 Å². The van der Waals surface area contributed by atoms with E-state index in [1.165, 1.54) is 22.3 Å². The molecule has 1 aromatic heterocycles. The first-order valence-electron chi connectivity index (χ1n) is 7.85. The topological polar surface area (TPSA) is 25.8 Å². The van der Waals surface area contributed by atoms with Crippen molar-refractivity contribution in [2.45, 2.75) is 6.42 Å². The molecule has 120 valence electrons. The van der Waals surface area contributed by atoms with E-state index in [-0.39, 0.29) is 11.0 Å². The van der Waals surface area contributed by atoms with E-state index in [4.69, 9.17) is 0 Å². The van der Waals surface area contributed by atoms with Gasteiger partial charge >= 0.3 is 0 Å². The van der Waals surface area contributed by atoms with Crippen LogP contribution in [0.1, 0.15) is 11.1 Å². The van der Waals surface area contributed by atoms with Crippen LogP contribution in [0.3, 0.4) is 0 Å². The third-order valence-electron chi connectivity index (χ3n) is 4.12. The van der Waals surface area contributed by atoms with Gasteiger partial charge in [0.15, 0.2) is 0 Å². The van der Waals surface area contributed by atoms with Gasteiger partial charge in [0.05, 0.1) is 17.2 Å². The maximum Gasteiger partial charge on any atom is 0.231 e. The lowest BCUT2D eigenvalue weighted by Gasteiger charge is -1.98. The number of hydrogen-bond acceptors (Lipinski definition) is 2. The first kappa shape index (κ1) is 17.0. The number of fused-ring (bicyclic) bond motifs is 4. The first-order valence-corrected chi connectivity index (χ1v) is 7.85. The molecule has 0 fully saturated rings. The van der Waals surface area contributed by atoms with E-state index >= 15 is 0 Å². The van der Waals surface area contributed by atoms with E-state index in [0.29, 0.717) is 11.0 Å². The van der Waals surface area contributed by atoms with Gasteiger partial charge in [-0.3, -0.25) is 0 Å². The van der Waals surface area contributed by atoms with E-state index in [9.17, 15) is 4.39 Å². The van der Waals surface area contributed by atoms with Crippen LogP contribution in [-0.2, 0) is 6.42 Å². The minimum absolute atomic E-state index is 0. The maximum absolute atomic E-state index is 12.5. The molecule has 5 rings (SSSR count). The molecule has 2 nitrogen and oxygen atoms in total. The molecule has 4 heteroatoms. The van der Waals surface area contributed by atoms with E-state index in [0.717, 1.165) is 12.6 Å². The van der Waals surface area contributed by atoms with Crippen molar-refractivity contribution in [3.63, 3.8) is 0 Å². The zero-order chi connectivity index (χ0) is 16.4. The summed E-state index contributed by atoms with van der Waals surface area (Å²) in [7, 11) is 0. The van der Waals surface area contributed by atoms with Gasteiger partial charge in [0, 0.05) is 11.0 Å². The zero-order valence-corrected chi connectivity index (χ0v) is 14.5. The predicted octanol–water partition coefficient (Wildman–Crippen LogP) is 4.65. The summed E-state index contributed by atoms with van der Waals surface area (Å²) in [5.74, 6) is -0.538. The average Bonchev–Trinajstić information content (AvgIpc) is 3.01. The summed E-state index contributed by atoms with van der Waals surface area (Å²) in [5, 5.41) is 0. The van der Waals surface area contributed by atoms with E-state index < -0.39 is 5.95 Å². The second-order valence-electron chi connectivity index (χ2n) is 5.67. The minimum Gasteiger partial charge on any atom is -0.250 e. The van der Waals surface area contributed by atoms with Crippen LogP contribution >= 0.6 is 0 Å². The Labute approximate surface area is 150 Å². The number of aromatic nitrogens is 2. The van der Waals surface area contributed by atoms with Crippen molar-refractivity contribution in [2.75, 3.05) is 0 Å². The molecule has 0 saturated heterocycles. The lowest BCUT2D eigenvalue weighted by molar-refractivity contribution is 0.583. The van der Waals surface area contributed by atoms with Crippen molar-refractivity contribution < 1.29 is 4.39 Å². The monoisotopic (exact) mass is 342 g/mol. The van der Waals surface area contributed by atoms with Gasteiger partial charge in [-0.1, -0.05) is 60.7 Å². The second kappa shape index (κ2) is 7.36. The molecule has 25 heavy (non-hydrogen) atoms. The molecule has 3 aromatic carbocycles. The largest absolute Gasteiger partial charge is 0.250 e. The predicted molar refractivity (Wildman–Crippen MR) is 99.9 cm³/mol. The Hall–Kier alpha value is -2.85. The molecule has 0 amide bonds. The third kappa shape index (κ3) is 3.49. The highest BCUT2D eigenvalue weighted by Gasteiger charge is 2.15. The average molecular weight is 342 g/mol. The fourth-order valence-electron chi connectivity index (χ4n) is 3.01. The Bertz CT molecular complexity index is 974. The number of benzene rings is 3. The van der Waals surface area contributed by atoms with Gasteiger partial charge in [-0.05, 0) is 40.8 Å². The summed E-state index contributed by atoms with van der Waals surface area (Å²) in [5.41, 5.74) is 7.06. The molecule has 4 aromatic rings. The molecule has 1 heterocycles. The quantitative estimate of drug-likeness (QED) is 0.383. The summed E-state index contributed by atoms with van der Waals surface area (Å²) < 4.78 is 12.5. The highest BCUT2D eigenvalue weighted by Crippen LogP contribution is 2.35. The Morgan fingerprint density at radius 3 is 1.84 bits per heavy atom. The lowest BCUT2D eigenvalue weighted by Crippen LogP contribution is -1.86. The molecule has 1 aliphatic rings. The van der Waals surface area contributed by atoms with E-state index in [2.05, 4.69) is 58.5 Å². The van der Waals surface area contributed by atoms with Crippen molar-refractivity contribution in [2.24, 2.45) is 0 Å². The molecule has 4 radical (unpaired) electrons. The summed E-state index contributed by atoms with van der Waals surface area (Å²) in [6.07, 6.45) is 2.22. The number of halogens is 1. The van der Waals surface area contributed by atoms with E-state index in [1.54, 1.807) is 18.2 Å². The standard InChI is InChI=1S/C13H10.C8H5FN2.Si/c1-3-7-12-10(5-1)9-11-6-2-4-8-13(11)12;9-8-5-10-6-3-1-2-4-7(6)11-8;/h1-8H,9H2;1-5H;. The van der Waals surface area contributed by atoms with Gasteiger partial charge in [0.2, 0.25) is 5.95 Å². The summed E-state index contributed by atoms with van der Waals surface area (Å²) in [6, 6.07) is 24.5. The van der Waals surface area contributed by atoms with Crippen LogP contribution in [-0.4, -0.2) is 20.9 Å². The van der Waals surface area contributed by atoms with Crippen molar-refractivity contribution in [1.29, 1.82) is 0 Å². The van der Waals surface area contributed by atoms with Crippen LogP contribution in [0.5, 0.6) is 0 Å². The van der Waals surface area contributed by atoms with Crippen molar-refractivity contribution in [1.82, 2.24) is 9.97 Å². The Morgan fingerprint density at radius 2 is 1.20 bits per heavy atom. The number of hydrogen-bond donors (Lipinski definition) is 0. The van der Waals surface area contributed by atoms with Crippen molar-refractivity contribution in [3.8, 4) is 11.1 Å². The Morgan fingerprint density at radius 1 is 0.680 bits per heavy atom. The van der Waals surface area contributed by atoms with Crippen LogP contribution in [0, 0.1) is 5.95 Å². The summed E-state index contributed by atoms with van der Waals surface area (Å²) >= 11 is 0. The normalized spacial score (nSPS) is 10.9. The summed E-state index contributed by atoms with van der Waals surface area (Å²) in [4.78, 5) is 7.49. The highest BCUT2D eigenvalue weighted by molar-refractivity contribution is 5.76. The fourth-order valence-corrected chi connectivity index (χ4v) is 3.01. The smallest absolute Gasteiger partial charge is 0.231 e. The number of para-hydroxylation sites is 2. The SMILES string of the molecule is Fc1cnc2ccccc2n1.[Si].c1ccc2c(c1)Cc1ccccc1-2. The highest BCUT2D eigenvalue weighted by atomic mass is 28.1. The second-order valence-corrected chi connectivity index (χ2v) is 5.67. The lowest BCUT2D eigenvalue weighted by atomic mass is 10.1. The van der Waals surface area contributed by atoms with E-state index in [1.807, 2.05) is 6.07 Å². The Balaban J connectivity index is 0.000000142. The van der Waals surface area contributed by atoms with Gasteiger partial charge in [-0.2, -0.15) is 4.39 Å². The van der Waals surface area contributed by atoms with Gasteiger partial charge < -0.3 is 0 Å². The van der Waals surface area contributed by atoms with Crippen LogP contribution in [0.4, 0.5) is 4.39 Å². The molecular weight excluding hydrogens is 327 g/mol. The molecule has 0 spiro atoms.